The molecule has 0 bridgehead atoms. The molecule has 4 fully saturated rings. The summed E-state index contributed by atoms with van der Waals surface area (Å²) in [6, 6.07) is 0.613. The molecule has 4 saturated carbocycles. The summed E-state index contributed by atoms with van der Waals surface area (Å²) in [4.78, 5) is 14.0. The van der Waals surface area contributed by atoms with Gasteiger partial charge in [-0.1, -0.05) is 20.8 Å². The van der Waals surface area contributed by atoms with Crippen LogP contribution in [0, 0.1) is 46.3 Å². The van der Waals surface area contributed by atoms with Crippen LogP contribution in [0.1, 0.15) is 85.0 Å². The predicted molar refractivity (Wildman–Crippen MR) is 137 cm³/mol. The van der Waals surface area contributed by atoms with Gasteiger partial charge in [-0.05, 0) is 118 Å². The SMILES string of the molecule is COC(=O)CCC(C)C1CCC2C3C(O)CC4CC(NCCN(C)C)CCC4(C)C3CCC12C. The molecule has 0 aliphatic heterocycles. The lowest BCUT2D eigenvalue weighted by atomic mass is 9.43. The van der Waals surface area contributed by atoms with E-state index in [1.54, 1.807) is 0 Å². The molecule has 10 atom stereocenters. The van der Waals surface area contributed by atoms with Gasteiger partial charge in [-0.3, -0.25) is 4.79 Å². The fraction of sp³-hybridized carbons (Fsp3) is 0.966. The maximum Gasteiger partial charge on any atom is 0.305 e. The minimum atomic E-state index is -0.141. The number of ether oxygens (including phenoxy) is 1. The van der Waals surface area contributed by atoms with E-state index >= 15 is 0 Å². The van der Waals surface area contributed by atoms with E-state index in [0.29, 0.717) is 58.8 Å². The van der Waals surface area contributed by atoms with Crippen molar-refractivity contribution in [3.05, 3.63) is 0 Å². The molecule has 196 valence electrons. The van der Waals surface area contributed by atoms with E-state index in [1.807, 2.05) is 0 Å². The van der Waals surface area contributed by atoms with E-state index in [1.165, 1.54) is 52.1 Å². The van der Waals surface area contributed by atoms with Crippen molar-refractivity contribution in [3.8, 4) is 0 Å². The summed E-state index contributed by atoms with van der Waals surface area (Å²) in [5, 5.41) is 15.4. The summed E-state index contributed by atoms with van der Waals surface area (Å²) < 4.78 is 4.90. The Hall–Kier alpha value is -0.650. The minimum absolute atomic E-state index is 0.0799. The minimum Gasteiger partial charge on any atom is -0.469 e. The first-order valence-electron chi connectivity index (χ1n) is 14.2. The third-order valence-corrected chi connectivity index (χ3v) is 11.5. The van der Waals surface area contributed by atoms with Crippen LogP contribution in [0.4, 0.5) is 0 Å². The Morgan fingerprint density at radius 1 is 1.09 bits per heavy atom. The topological polar surface area (TPSA) is 61.8 Å². The van der Waals surface area contributed by atoms with Gasteiger partial charge in [-0.2, -0.15) is 0 Å². The van der Waals surface area contributed by atoms with Crippen LogP contribution < -0.4 is 5.32 Å². The Bertz CT molecular complexity index is 713. The smallest absolute Gasteiger partial charge is 0.305 e. The van der Waals surface area contributed by atoms with Crippen molar-refractivity contribution in [1.29, 1.82) is 0 Å². The third-order valence-electron chi connectivity index (χ3n) is 11.5. The number of likely N-dealkylation sites (N-methyl/N-ethyl adjacent to an activating group) is 1. The normalized spacial score (nSPS) is 44.8. The van der Waals surface area contributed by atoms with Crippen molar-refractivity contribution in [2.45, 2.75) is 97.1 Å². The van der Waals surface area contributed by atoms with Gasteiger partial charge in [0.05, 0.1) is 13.2 Å². The number of aliphatic hydroxyl groups is 1. The average Bonchev–Trinajstić information content (AvgIpc) is 3.15. The number of esters is 1. The standard InChI is InChI=1S/C29H52N2O3/c1-19(7-10-26(33)34-6)22-8-9-23-27-24(12-14-29(22,23)3)28(2)13-11-21(30-15-16-31(4)5)17-20(28)18-25(27)32/h19-25,27,30,32H,7-18H2,1-6H3. The summed E-state index contributed by atoms with van der Waals surface area (Å²) in [5.74, 6) is 3.55. The largest absolute Gasteiger partial charge is 0.469 e. The molecule has 10 unspecified atom stereocenters. The molecule has 0 radical (unpaired) electrons. The first kappa shape index (κ1) is 26.4. The molecule has 0 aromatic heterocycles. The molecular weight excluding hydrogens is 424 g/mol. The van der Waals surface area contributed by atoms with Gasteiger partial charge in [-0.15, -0.1) is 0 Å². The molecule has 34 heavy (non-hydrogen) atoms. The van der Waals surface area contributed by atoms with Crippen LogP contribution in [-0.4, -0.2) is 62.4 Å². The van der Waals surface area contributed by atoms with Crippen molar-refractivity contribution < 1.29 is 14.6 Å². The Balaban J connectivity index is 1.43. The molecule has 0 amide bonds. The molecular formula is C29H52N2O3. The number of nitrogens with one attached hydrogen (secondary N) is 1. The van der Waals surface area contributed by atoms with Crippen molar-refractivity contribution >= 4 is 5.97 Å². The first-order chi connectivity index (χ1) is 16.1. The Kier molecular flexibility index (Phi) is 8.06. The summed E-state index contributed by atoms with van der Waals surface area (Å²) in [6.45, 7) is 9.63. The van der Waals surface area contributed by atoms with E-state index in [2.05, 4.69) is 45.1 Å². The Morgan fingerprint density at radius 2 is 1.79 bits per heavy atom. The van der Waals surface area contributed by atoms with Gasteiger partial charge in [0.15, 0.2) is 0 Å². The highest BCUT2D eigenvalue weighted by Gasteiger charge is 2.62. The zero-order valence-electron chi connectivity index (χ0n) is 22.8. The van der Waals surface area contributed by atoms with E-state index in [0.717, 1.165) is 25.9 Å². The second-order valence-corrected chi connectivity index (χ2v) is 13.3. The highest BCUT2D eigenvalue weighted by Crippen LogP contribution is 2.68. The number of methoxy groups -OCH3 is 1. The van der Waals surface area contributed by atoms with E-state index in [-0.39, 0.29) is 12.1 Å². The van der Waals surface area contributed by atoms with Crippen LogP contribution in [-0.2, 0) is 9.53 Å². The van der Waals surface area contributed by atoms with Crippen LogP contribution >= 0.6 is 0 Å². The summed E-state index contributed by atoms with van der Waals surface area (Å²) in [6.07, 6.45) is 11.3. The molecule has 0 saturated heterocycles. The van der Waals surface area contributed by atoms with Gasteiger partial charge in [0.25, 0.3) is 0 Å². The molecule has 4 aliphatic rings. The lowest BCUT2D eigenvalue weighted by Crippen LogP contribution is -2.59. The van der Waals surface area contributed by atoms with Crippen LogP contribution in [0.25, 0.3) is 0 Å². The molecule has 2 N–H and O–H groups in total. The van der Waals surface area contributed by atoms with E-state index < -0.39 is 0 Å². The molecule has 0 aromatic rings. The van der Waals surface area contributed by atoms with E-state index in [9.17, 15) is 9.90 Å². The van der Waals surface area contributed by atoms with Gasteiger partial charge >= 0.3 is 5.97 Å². The monoisotopic (exact) mass is 476 g/mol. The Labute approximate surface area is 208 Å². The number of nitrogens with zero attached hydrogens (tertiary/aromatic N) is 1. The summed E-state index contributed by atoms with van der Waals surface area (Å²) in [7, 11) is 5.77. The third kappa shape index (κ3) is 4.83. The quantitative estimate of drug-likeness (QED) is 0.496. The van der Waals surface area contributed by atoms with Gasteiger partial charge in [0.1, 0.15) is 0 Å². The molecule has 4 rings (SSSR count). The molecule has 0 heterocycles. The number of fused-ring (bicyclic) bond motifs is 5. The van der Waals surface area contributed by atoms with Crippen molar-refractivity contribution in [2.24, 2.45) is 46.3 Å². The second kappa shape index (κ2) is 10.4. The van der Waals surface area contributed by atoms with E-state index in [4.69, 9.17) is 4.74 Å². The highest BCUT2D eigenvalue weighted by atomic mass is 16.5. The average molecular weight is 477 g/mol. The molecule has 5 nitrogen and oxygen atoms in total. The second-order valence-electron chi connectivity index (χ2n) is 13.3. The molecule has 0 spiro atoms. The fourth-order valence-electron chi connectivity index (χ4n) is 9.52. The number of carbonyl (C=O) groups excluding carboxylic acids is 1. The van der Waals surface area contributed by atoms with Crippen LogP contribution in [0.2, 0.25) is 0 Å². The Morgan fingerprint density at radius 3 is 2.50 bits per heavy atom. The number of carbonyl (C=O) groups is 1. The zero-order chi connectivity index (χ0) is 24.7. The highest BCUT2D eigenvalue weighted by molar-refractivity contribution is 5.69. The number of hydrogen-bond donors (Lipinski definition) is 2. The van der Waals surface area contributed by atoms with Gasteiger partial charge in [-0.25, -0.2) is 0 Å². The van der Waals surface area contributed by atoms with Crippen LogP contribution in [0.3, 0.4) is 0 Å². The number of hydrogen-bond acceptors (Lipinski definition) is 5. The van der Waals surface area contributed by atoms with Gasteiger partial charge in [0, 0.05) is 25.6 Å². The fourth-order valence-corrected chi connectivity index (χ4v) is 9.52. The maximum atomic E-state index is 11.7. The van der Waals surface area contributed by atoms with Gasteiger partial charge in [0.2, 0.25) is 0 Å². The first-order valence-corrected chi connectivity index (χ1v) is 14.2. The number of aliphatic hydroxyl groups excluding tert-OH is 1. The van der Waals surface area contributed by atoms with Gasteiger partial charge < -0.3 is 20.1 Å². The maximum absolute atomic E-state index is 11.7. The number of rotatable bonds is 8. The zero-order valence-corrected chi connectivity index (χ0v) is 22.8. The summed E-state index contributed by atoms with van der Waals surface area (Å²) in [5.41, 5.74) is 0.700. The van der Waals surface area contributed by atoms with Crippen molar-refractivity contribution in [2.75, 3.05) is 34.3 Å². The van der Waals surface area contributed by atoms with Crippen LogP contribution in [0.15, 0.2) is 0 Å². The molecule has 0 aromatic carbocycles. The van der Waals surface area contributed by atoms with Crippen molar-refractivity contribution in [3.63, 3.8) is 0 Å². The van der Waals surface area contributed by atoms with Crippen molar-refractivity contribution in [1.82, 2.24) is 10.2 Å². The lowest BCUT2D eigenvalue weighted by Gasteiger charge is -2.62. The summed E-state index contributed by atoms with van der Waals surface area (Å²) >= 11 is 0. The lowest BCUT2D eigenvalue weighted by molar-refractivity contribution is -0.167. The van der Waals surface area contributed by atoms with Crippen LogP contribution in [0.5, 0.6) is 0 Å². The molecule has 5 heteroatoms. The predicted octanol–water partition coefficient (Wildman–Crippen LogP) is 4.73. The molecule has 4 aliphatic carbocycles.